The van der Waals surface area contributed by atoms with Gasteiger partial charge in [-0.15, -0.1) is 0 Å². The van der Waals surface area contributed by atoms with Crippen molar-refractivity contribution in [3.8, 4) is 0 Å². The number of amides is 1. The van der Waals surface area contributed by atoms with Crippen LogP contribution >= 0.6 is 0 Å². The Hall–Kier alpha value is -3.40. The van der Waals surface area contributed by atoms with E-state index in [9.17, 15) is 27.6 Å². The minimum absolute atomic E-state index is 0.0112. The van der Waals surface area contributed by atoms with Crippen LogP contribution in [0.15, 0.2) is 54.6 Å². The zero-order valence-electron chi connectivity index (χ0n) is 19.2. The molecule has 2 aromatic carbocycles. The highest BCUT2D eigenvalue weighted by Gasteiger charge is 2.78. The lowest BCUT2D eigenvalue weighted by Gasteiger charge is -2.38. The Kier molecular flexibility index (Phi) is 6.59. The molecule has 0 saturated carbocycles. The molecule has 0 aliphatic carbocycles. The van der Waals surface area contributed by atoms with Crippen LogP contribution in [-0.2, 0) is 25.5 Å². The number of alkyl halides is 3. The van der Waals surface area contributed by atoms with Crippen molar-refractivity contribution in [2.24, 2.45) is 5.41 Å². The lowest BCUT2D eigenvalue weighted by Crippen LogP contribution is -2.60. The first-order valence-electron chi connectivity index (χ1n) is 11.3. The van der Waals surface area contributed by atoms with Gasteiger partial charge in [-0.2, -0.15) is 13.2 Å². The van der Waals surface area contributed by atoms with Crippen LogP contribution in [0.2, 0.25) is 0 Å². The number of ether oxygens (including phenoxy) is 2. The van der Waals surface area contributed by atoms with E-state index in [4.69, 9.17) is 9.47 Å². The number of nitrogens with zero attached hydrogens (tertiary/aromatic N) is 2. The molecule has 2 atom stereocenters. The van der Waals surface area contributed by atoms with Crippen molar-refractivity contribution >= 4 is 17.8 Å². The zero-order valence-corrected chi connectivity index (χ0v) is 19.2. The van der Waals surface area contributed by atoms with Gasteiger partial charge in [0.1, 0.15) is 0 Å². The van der Waals surface area contributed by atoms with Crippen molar-refractivity contribution in [3.05, 3.63) is 71.3 Å². The quantitative estimate of drug-likeness (QED) is 0.470. The fourth-order valence-electron chi connectivity index (χ4n) is 5.13. The Morgan fingerprint density at radius 2 is 1.51 bits per heavy atom. The highest BCUT2D eigenvalue weighted by molar-refractivity contribution is 6.05. The van der Waals surface area contributed by atoms with E-state index in [0.717, 1.165) is 0 Å². The summed E-state index contributed by atoms with van der Waals surface area (Å²) in [5.74, 6) is -3.74. The first-order chi connectivity index (χ1) is 16.7. The molecule has 0 N–H and O–H groups in total. The Labute approximate surface area is 200 Å². The molecule has 0 radical (unpaired) electrons. The second-order valence-corrected chi connectivity index (χ2v) is 8.28. The molecule has 2 heterocycles. The maximum absolute atomic E-state index is 15.0. The number of carbonyl (C=O) groups excluding carboxylic acids is 3. The van der Waals surface area contributed by atoms with Crippen LogP contribution in [0.5, 0.6) is 0 Å². The zero-order chi connectivity index (χ0) is 25.4. The summed E-state index contributed by atoms with van der Waals surface area (Å²) >= 11 is 0. The van der Waals surface area contributed by atoms with Gasteiger partial charge in [-0.05, 0) is 43.5 Å². The van der Waals surface area contributed by atoms with E-state index in [1.807, 2.05) is 0 Å². The number of benzene rings is 2. The lowest BCUT2D eigenvalue weighted by molar-refractivity contribution is -0.217. The third-order valence-electron chi connectivity index (χ3n) is 6.41. The topological polar surface area (TPSA) is 76.2 Å². The molecular weight excluding hydrogens is 465 g/mol. The summed E-state index contributed by atoms with van der Waals surface area (Å²) < 4.78 is 55.1. The largest absolute Gasteiger partial charge is 0.465 e. The van der Waals surface area contributed by atoms with Crippen LogP contribution in [0.3, 0.4) is 0 Å². The van der Waals surface area contributed by atoms with Gasteiger partial charge in [0.05, 0.1) is 19.3 Å². The van der Waals surface area contributed by atoms with Crippen LogP contribution in [0, 0.1) is 5.41 Å². The van der Waals surface area contributed by atoms with Crippen LogP contribution in [0.25, 0.3) is 0 Å². The summed E-state index contributed by atoms with van der Waals surface area (Å²) in [5.41, 5.74) is -1.87. The van der Waals surface area contributed by atoms with Gasteiger partial charge in [0.2, 0.25) is 5.41 Å². The van der Waals surface area contributed by atoms with Crippen LogP contribution in [0.4, 0.5) is 13.2 Å². The van der Waals surface area contributed by atoms with E-state index in [0.29, 0.717) is 22.6 Å². The number of carbonyl (C=O) groups is 3. The van der Waals surface area contributed by atoms with E-state index in [-0.39, 0.29) is 25.3 Å². The number of fused-ring (bicyclic) bond motifs is 3. The van der Waals surface area contributed by atoms with Gasteiger partial charge in [-0.25, -0.2) is 5.01 Å². The molecule has 0 bridgehead atoms. The molecule has 1 fully saturated rings. The number of rotatable bonds is 5. The average Bonchev–Trinajstić information content (AvgIpc) is 3.17. The van der Waals surface area contributed by atoms with E-state index in [1.165, 1.54) is 43.1 Å². The summed E-state index contributed by atoms with van der Waals surface area (Å²) in [5, 5.41) is 1.70. The second-order valence-electron chi connectivity index (χ2n) is 8.28. The smallest absolute Gasteiger partial charge is 0.412 e. The molecular formula is C25H25F3N2O5. The molecule has 0 aromatic heterocycles. The lowest BCUT2D eigenvalue weighted by atomic mass is 9.70. The van der Waals surface area contributed by atoms with E-state index in [1.54, 1.807) is 30.3 Å². The molecule has 1 saturated heterocycles. The molecule has 0 spiro atoms. The minimum atomic E-state index is -5.17. The van der Waals surface area contributed by atoms with Gasteiger partial charge in [-0.1, -0.05) is 42.5 Å². The molecule has 4 rings (SSSR count). The first-order valence-corrected chi connectivity index (χ1v) is 11.3. The van der Waals surface area contributed by atoms with Crippen LogP contribution < -0.4 is 0 Å². The summed E-state index contributed by atoms with van der Waals surface area (Å²) in [6.07, 6.45) is -4.85. The van der Waals surface area contributed by atoms with Crippen molar-refractivity contribution in [2.75, 3.05) is 19.8 Å². The number of hydrazine groups is 1. The Morgan fingerprint density at radius 1 is 0.943 bits per heavy atom. The maximum atomic E-state index is 15.0. The Bertz CT molecular complexity index is 1100. The van der Waals surface area contributed by atoms with Gasteiger partial charge in [0, 0.05) is 12.1 Å². The van der Waals surface area contributed by atoms with E-state index >= 15 is 0 Å². The second kappa shape index (κ2) is 9.33. The fraction of sp³-hybridized carbons (Fsp3) is 0.400. The molecule has 2 aliphatic heterocycles. The highest BCUT2D eigenvalue weighted by Crippen LogP contribution is 2.58. The number of hydrogen-bond acceptors (Lipinski definition) is 6. The highest BCUT2D eigenvalue weighted by atomic mass is 19.4. The predicted molar refractivity (Wildman–Crippen MR) is 118 cm³/mol. The SMILES string of the molecule is CCOC(=O)C1(C(=O)OCC)[C@@H]2c3ccccc3CCN2N(C(=O)c2ccccc2)[C@@H]1C(F)(F)F. The van der Waals surface area contributed by atoms with Crippen molar-refractivity contribution in [1.82, 2.24) is 10.0 Å². The molecule has 2 aliphatic rings. The summed E-state index contributed by atoms with van der Waals surface area (Å²) in [4.78, 5) is 40.6. The molecule has 186 valence electrons. The van der Waals surface area contributed by atoms with Crippen LogP contribution in [-0.4, -0.2) is 59.8 Å². The molecule has 10 heteroatoms. The summed E-state index contributed by atoms with van der Waals surface area (Å²) in [6, 6.07) is 9.82. The van der Waals surface area contributed by atoms with Gasteiger partial charge < -0.3 is 9.47 Å². The monoisotopic (exact) mass is 490 g/mol. The van der Waals surface area contributed by atoms with Crippen molar-refractivity contribution < 1.29 is 37.0 Å². The molecule has 2 aromatic rings. The predicted octanol–water partition coefficient (Wildman–Crippen LogP) is 3.70. The third-order valence-corrected chi connectivity index (χ3v) is 6.41. The minimum Gasteiger partial charge on any atom is -0.465 e. The Balaban J connectivity index is 2.05. The normalized spacial score (nSPS) is 21.1. The fourth-order valence-corrected chi connectivity index (χ4v) is 5.13. The standard InChI is InChI=1S/C25H25F3N2O5/c1-3-34-22(32)24(23(33)35-4-2)19-18-13-9-8-10-16(18)14-15-29(19)30(21(24)25(26,27)28)20(31)17-11-6-5-7-12-17/h5-13,19,21H,3-4,14-15H2,1-2H3/t19-,21-/m0/s1. The number of hydrogen-bond donors (Lipinski definition) is 0. The summed E-state index contributed by atoms with van der Waals surface area (Å²) in [6.45, 7) is 2.34. The number of halogens is 3. The number of esters is 2. The van der Waals surface area contributed by atoms with Crippen molar-refractivity contribution in [2.45, 2.75) is 38.5 Å². The van der Waals surface area contributed by atoms with Crippen molar-refractivity contribution in [1.29, 1.82) is 0 Å². The Morgan fingerprint density at radius 3 is 2.09 bits per heavy atom. The molecule has 35 heavy (non-hydrogen) atoms. The van der Waals surface area contributed by atoms with Crippen LogP contribution in [0.1, 0.15) is 41.4 Å². The third kappa shape index (κ3) is 3.85. The van der Waals surface area contributed by atoms with E-state index in [2.05, 4.69) is 0 Å². The molecule has 1 amide bonds. The van der Waals surface area contributed by atoms with Gasteiger partial charge in [0.25, 0.3) is 5.91 Å². The average molecular weight is 490 g/mol. The van der Waals surface area contributed by atoms with E-state index < -0.39 is 41.5 Å². The maximum Gasteiger partial charge on any atom is 0.412 e. The van der Waals surface area contributed by atoms with Gasteiger partial charge in [0.15, 0.2) is 6.04 Å². The van der Waals surface area contributed by atoms with Gasteiger partial charge >= 0.3 is 18.1 Å². The first kappa shape index (κ1) is 24.7. The van der Waals surface area contributed by atoms with Gasteiger partial charge in [-0.3, -0.25) is 19.4 Å². The van der Waals surface area contributed by atoms with Crippen molar-refractivity contribution in [3.63, 3.8) is 0 Å². The molecule has 0 unspecified atom stereocenters. The molecule has 7 nitrogen and oxygen atoms in total. The summed E-state index contributed by atoms with van der Waals surface area (Å²) in [7, 11) is 0.